The highest BCUT2D eigenvalue weighted by Crippen LogP contribution is 2.47. The third kappa shape index (κ3) is 3.94. The molecule has 0 aliphatic rings. The fourth-order valence-corrected chi connectivity index (χ4v) is 10.9. The summed E-state index contributed by atoms with van der Waals surface area (Å²) < 4.78 is 25.8. The fraction of sp³-hybridized carbons (Fsp3) is 0. The van der Waals surface area contributed by atoms with Gasteiger partial charge in [-0.25, -0.2) is 0 Å². The molecule has 6 aromatic heterocycles. The van der Waals surface area contributed by atoms with Gasteiger partial charge in [-0.2, -0.15) is 0 Å². The Balaban J connectivity index is 1.03. The minimum atomic E-state index is 0.806. The summed E-state index contributed by atoms with van der Waals surface area (Å²) in [6.45, 7) is 0. The van der Waals surface area contributed by atoms with Crippen LogP contribution in [-0.2, 0) is 0 Å². The zero-order valence-electron chi connectivity index (χ0n) is 30.7. The zero-order valence-corrected chi connectivity index (χ0v) is 31.5. The largest absolute Gasteiger partial charge is 0.454 e. The van der Waals surface area contributed by atoms with E-state index in [9.17, 15) is 0 Å². The van der Waals surface area contributed by atoms with Crippen LogP contribution >= 0.6 is 11.3 Å². The Morgan fingerprint density at radius 1 is 0.362 bits per heavy atom. The first kappa shape index (κ1) is 30.7. The van der Waals surface area contributed by atoms with Crippen LogP contribution in [0.2, 0.25) is 0 Å². The third-order valence-electron chi connectivity index (χ3n) is 12.2. The molecule has 0 bridgehead atoms. The van der Waals surface area contributed by atoms with E-state index in [-0.39, 0.29) is 0 Å². The van der Waals surface area contributed by atoms with Crippen LogP contribution in [0.3, 0.4) is 0 Å². The van der Waals surface area contributed by atoms with E-state index in [0.29, 0.717) is 0 Å². The lowest BCUT2D eigenvalue weighted by molar-refractivity contribution is 0.639. The number of hydrogen-bond donors (Lipinski definition) is 0. The summed E-state index contributed by atoms with van der Waals surface area (Å²) >= 11 is 1.83. The van der Waals surface area contributed by atoms with Crippen LogP contribution in [0.15, 0.2) is 183 Å². The summed E-state index contributed by atoms with van der Waals surface area (Å²) in [4.78, 5) is 1.21. The SMILES string of the molecule is c1ccc2c(c1)oc1c(-n3c4ccc(-c5ccc6c(c5)c5c7ccccc7sc5n6-c5cccc6c5oc5ccccc56)cc4c4c5ccccc5oc43)cccc12. The van der Waals surface area contributed by atoms with E-state index in [2.05, 4.69) is 155 Å². The van der Waals surface area contributed by atoms with Crippen LogP contribution < -0.4 is 0 Å². The highest BCUT2D eigenvalue weighted by atomic mass is 32.1. The van der Waals surface area contributed by atoms with Gasteiger partial charge in [-0.05, 0) is 71.8 Å². The van der Waals surface area contributed by atoms with Crippen molar-refractivity contribution in [1.82, 2.24) is 9.13 Å². The van der Waals surface area contributed by atoms with E-state index in [1.54, 1.807) is 0 Å². The first-order valence-corrected chi connectivity index (χ1v) is 20.3. The molecule has 0 saturated heterocycles. The quantitative estimate of drug-likeness (QED) is 0.180. The Bertz CT molecular complexity index is 3790. The van der Waals surface area contributed by atoms with Crippen molar-refractivity contribution in [2.75, 3.05) is 0 Å². The van der Waals surface area contributed by atoms with E-state index in [4.69, 9.17) is 13.3 Å². The Kier molecular flexibility index (Phi) is 5.85. The van der Waals surface area contributed by atoms with Gasteiger partial charge in [0.25, 0.3) is 0 Å². The first-order valence-electron chi connectivity index (χ1n) is 19.5. The van der Waals surface area contributed by atoms with Gasteiger partial charge in [-0.3, -0.25) is 9.13 Å². The van der Waals surface area contributed by atoms with Crippen molar-refractivity contribution in [1.29, 1.82) is 0 Å². The summed E-state index contributed by atoms with van der Waals surface area (Å²) in [6.07, 6.45) is 0. The minimum absolute atomic E-state index is 0.806. The molecule has 14 rings (SSSR count). The lowest BCUT2D eigenvalue weighted by Gasteiger charge is -2.10. The standard InChI is InChI=1S/C52H28N2O3S/c1-5-19-43-31(11-1)33-15-9-17-41(49(33)55-43)53-39-25-23-29(27-37(39)47-35-13-3-7-21-45(35)57-51(47)53)30-24-26-40-38(28-30)48-36-14-4-8-22-46(36)58-52(48)54(40)42-18-10-16-34-32-12-2-6-20-44(32)56-50(34)42/h1-28H. The van der Waals surface area contributed by atoms with Gasteiger partial charge in [0.05, 0.1) is 27.8 Å². The van der Waals surface area contributed by atoms with Crippen molar-refractivity contribution in [3.8, 4) is 22.5 Å². The fourth-order valence-electron chi connectivity index (χ4n) is 9.64. The van der Waals surface area contributed by atoms with Crippen molar-refractivity contribution in [2.45, 2.75) is 0 Å². The van der Waals surface area contributed by atoms with Crippen LogP contribution in [0.1, 0.15) is 0 Å². The molecule has 58 heavy (non-hydrogen) atoms. The highest BCUT2D eigenvalue weighted by molar-refractivity contribution is 7.25. The molecule has 8 aromatic carbocycles. The average molecular weight is 761 g/mol. The molecule has 0 fully saturated rings. The lowest BCUT2D eigenvalue weighted by atomic mass is 10.00. The van der Waals surface area contributed by atoms with Crippen molar-refractivity contribution >= 4 is 119 Å². The summed E-state index contributed by atoms with van der Waals surface area (Å²) in [5, 5.41) is 11.5. The number of hydrogen-bond acceptors (Lipinski definition) is 4. The molecule has 0 aliphatic heterocycles. The molecule has 0 amide bonds. The Labute approximate surface area is 332 Å². The van der Waals surface area contributed by atoms with Crippen molar-refractivity contribution in [3.63, 3.8) is 0 Å². The molecule has 0 aliphatic carbocycles. The molecule has 0 radical (unpaired) electrons. The Hall–Kier alpha value is -7.54. The van der Waals surface area contributed by atoms with Crippen LogP contribution in [-0.4, -0.2) is 9.13 Å². The molecule has 0 saturated carbocycles. The monoisotopic (exact) mass is 760 g/mol. The van der Waals surface area contributed by atoms with Crippen molar-refractivity contribution in [2.24, 2.45) is 0 Å². The van der Waals surface area contributed by atoms with E-state index < -0.39 is 0 Å². The van der Waals surface area contributed by atoms with Crippen LogP contribution in [0.4, 0.5) is 0 Å². The second-order valence-electron chi connectivity index (χ2n) is 15.2. The predicted molar refractivity (Wildman–Crippen MR) is 240 cm³/mol. The molecule has 6 heterocycles. The van der Waals surface area contributed by atoms with Crippen molar-refractivity contribution < 1.29 is 13.3 Å². The molecule has 6 heteroatoms. The van der Waals surface area contributed by atoms with Gasteiger partial charge < -0.3 is 13.3 Å². The van der Waals surface area contributed by atoms with E-state index in [0.717, 1.165) is 105 Å². The number of fused-ring (bicyclic) bond motifs is 16. The number of thiophene rings is 1. The highest BCUT2D eigenvalue weighted by Gasteiger charge is 2.24. The molecule has 14 aromatic rings. The number of aromatic nitrogens is 2. The normalized spacial score (nSPS) is 12.5. The second-order valence-corrected chi connectivity index (χ2v) is 16.2. The smallest absolute Gasteiger partial charge is 0.213 e. The molecule has 270 valence electrons. The number of para-hydroxylation sites is 5. The third-order valence-corrected chi connectivity index (χ3v) is 13.3. The maximum absolute atomic E-state index is 6.74. The number of nitrogens with zero attached hydrogens (tertiary/aromatic N) is 2. The summed E-state index contributed by atoms with van der Waals surface area (Å²) in [7, 11) is 0. The van der Waals surface area contributed by atoms with Gasteiger partial charge in [0.1, 0.15) is 21.6 Å². The van der Waals surface area contributed by atoms with Gasteiger partial charge in [0.2, 0.25) is 5.71 Å². The van der Waals surface area contributed by atoms with E-state index in [1.165, 1.54) is 25.7 Å². The van der Waals surface area contributed by atoms with Crippen molar-refractivity contribution in [3.05, 3.63) is 170 Å². The predicted octanol–water partition coefficient (Wildman–Crippen LogP) is 15.3. The van der Waals surface area contributed by atoms with Gasteiger partial charge in [-0.15, -0.1) is 11.3 Å². The number of rotatable bonds is 3. The van der Waals surface area contributed by atoms with Gasteiger partial charge in [0, 0.05) is 53.2 Å². The van der Waals surface area contributed by atoms with Crippen LogP contribution in [0.5, 0.6) is 0 Å². The van der Waals surface area contributed by atoms with E-state index >= 15 is 0 Å². The number of furan rings is 3. The van der Waals surface area contributed by atoms with Gasteiger partial charge in [-0.1, -0.05) is 109 Å². The number of benzene rings is 8. The van der Waals surface area contributed by atoms with Crippen LogP contribution in [0, 0.1) is 0 Å². The average Bonchev–Trinajstić information content (AvgIpc) is 4.11. The van der Waals surface area contributed by atoms with Gasteiger partial charge in [0.15, 0.2) is 11.2 Å². The molecule has 0 N–H and O–H groups in total. The van der Waals surface area contributed by atoms with Gasteiger partial charge >= 0.3 is 0 Å². The summed E-state index contributed by atoms with van der Waals surface area (Å²) in [5.74, 6) is 0. The zero-order chi connectivity index (χ0) is 37.6. The molecular formula is C52H28N2O3S. The lowest BCUT2D eigenvalue weighted by Crippen LogP contribution is -1.94. The minimum Gasteiger partial charge on any atom is -0.454 e. The summed E-state index contributed by atoms with van der Waals surface area (Å²) in [5.41, 5.74) is 11.7. The maximum atomic E-state index is 6.74. The Morgan fingerprint density at radius 3 is 1.52 bits per heavy atom. The molecular weight excluding hydrogens is 733 g/mol. The van der Waals surface area contributed by atoms with Crippen LogP contribution in [0.25, 0.3) is 131 Å². The first-order chi connectivity index (χ1) is 28.8. The maximum Gasteiger partial charge on any atom is 0.213 e. The Morgan fingerprint density at radius 2 is 0.862 bits per heavy atom. The molecule has 5 nitrogen and oxygen atoms in total. The molecule has 0 unspecified atom stereocenters. The topological polar surface area (TPSA) is 49.3 Å². The molecule has 0 spiro atoms. The second kappa shape index (κ2) is 11.1. The molecule has 0 atom stereocenters. The van der Waals surface area contributed by atoms with E-state index in [1.807, 2.05) is 35.6 Å². The summed E-state index contributed by atoms with van der Waals surface area (Å²) in [6, 6.07) is 60.3.